The minimum atomic E-state index is -0.262. The molecule has 0 radical (unpaired) electrons. The van der Waals surface area contributed by atoms with Crippen LogP contribution in [0.5, 0.6) is 0 Å². The van der Waals surface area contributed by atoms with Gasteiger partial charge < -0.3 is 10.6 Å². The number of hydrogen-bond donors (Lipinski definition) is 3. The summed E-state index contributed by atoms with van der Waals surface area (Å²) in [4.78, 5) is 33.9. The van der Waals surface area contributed by atoms with E-state index in [1.165, 1.54) is 4.52 Å². The highest BCUT2D eigenvalue weighted by atomic mass is 35.5. The summed E-state index contributed by atoms with van der Waals surface area (Å²) in [6.07, 6.45) is 0.459. The Balaban J connectivity index is 1.46. The van der Waals surface area contributed by atoms with Gasteiger partial charge in [-0.1, -0.05) is 41.9 Å². The molecule has 4 rings (SSSR count). The SMILES string of the molecule is Cc1nc2nc(NCc3ccc(Cl)cc3)[nH]n2c(=O)c1CCC(=O)Nc1ccccc1. The largest absolute Gasteiger partial charge is 0.351 e. The predicted molar refractivity (Wildman–Crippen MR) is 121 cm³/mol. The summed E-state index contributed by atoms with van der Waals surface area (Å²) in [5, 5.41) is 9.56. The van der Waals surface area contributed by atoms with E-state index in [0.29, 0.717) is 28.8 Å². The van der Waals surface area contributed by atoms with E-state index >= 15 is 0 Å². The van der Waals surface area contributed by atoms with Crippen molar-refractivity contribution in [1.29, 1.82) is 0 Å². The van der Waals surface area contributed by atoms with Gasteiger partial charge in [-0.3, -0.25) is 14.7 Å². The van der Waals surface area contributed by atoms with Crippen molar-refractivity contribution in [3.05, 3.63) is 86.8 Å². The van der Waals surface area contributed by atoms with Crippen LogP contribution >= 0.6 is 11.6 Å². The Labute approximate surface area is 183 Å². The summed E-state index contributed by atoms with van der Waals surface area (Å²) in [7, 11) is 0. The maximum Gasteiger partial charge on any atom is 0.277 e. The van der Waals surface area contributed by atoms with Crippen LogP contribution in [-0.4, -0.2) is 25.5 Å². The number of aromatic amines is 1. The summed E-state index contributed by atoms with van der Waals surface area (Å²) in [6.45, 7) is 2.26. The van der Waals surface area contributed by atoms with Crippen LogP contribution in [0.25, 0.3) is 5.78 Å². The van der Waals surface area contributed by atoms with Crippen LogP contribution in [0, 0.1) is 6.92 Å². The van der Waals surface area contributed by atoms with Crippen LogP contribution < -0.4 is 16.2 Å². The molecule has 2 aromatic heterocycles. The summed E-state index contributed by atoms with van der Waals surface area (Å²) in [6, 6.07) is 16.6. The maximum atomic E-state index is 12.9. The zero-order chi connectivity index (χ0) is 21.8. The van der Waals surface area contributed by atoms with Gasteiger partial charge in [0.05, 0.1) is 5.69 Å². The van der Waals surface area contributed by atoms with E-state index in [4.69, 9.17) is 11.6 Å². The Morgan fingerprint density at radius 1 is 1.10 bits per heavy atom. The normalized spacial score (nSPS) is 10.9. The molecule has 0 unspecified atom stereocenters. The highest BCUT2D eigenvalue weighted by Crippen LogP contribution is 2.12. The van der Waals surface area contributed by atoms with Crippen LogP contribution in [0.4, 0.5) is 11.6 Å². The molecule has 2 aromatic carbocycles. The van der Waals surface area contributed by atoms with Crippen molar-refractivity contribution in [2.24, 2.45) is 0 Å². The topological polar surface area (TPSA) is 104 Å². The van der Waals surface area contributed by atoms with Crippen LogP contribution in [0.15, 0.2) is 59.4 Å². The quantitative estimate of drug-likeness (QED) is 0.411. The first kappa shape index (κ1) is 20.6. The zero-order valence-electron chi connectivity index (χ0n) is 16.9. The molecular formula is C22H21ClN6O2. The van der Waals surface area contributed by atoms with E-state index < -0.39 is 0 Å². The average molecular weight is 437 g/mol. The lowest BCUT2D eigenvalue weighted by Crippen LogP contribution is -2.23. The van der Waals surface area contributed by atoms with Crippen molar-refractivity contribution < 1.29 is 4.79 Å². The molecule has 0 saturated carbocycles. The molecule has 158 valence electrons. The van der Waals surface area contributed by atoms with Crippen molar-refractivity contribution in [1.82, 2.24) is 19.6 Å². The number of carbonyl (C=O) groups excluding carboxylic acids is 1. The molecule has 3 N–H and O–H groups in total. The molecule has 4 aromatic rings. The number of rotatable bonds is 7. The lowest BCUT2D eigenvalue weighted by Gasteiger charge is -2.06. The third-order valence-corrected chi connectivity index (χ3v) is 5.08. The van der Waals surface area contributed by atoms with Gasteiger partial charge in [-0.2, -0.15) is 9.50 Å². The van der Waals surface area contributed by atoms with E-state index in [0.717, 1.165) is 11.3 Å². The van der Waals surface area contributed by atoms with Crippen molar-refractivity contribution in [3.63, 3.8) is 0 Å². The molecule has 0 saturated heterocycles. The second-order valence-corrected chi connectivity index (χ2v) is 7.52. The standard InChI is InChI=1S/C22H21ClN6O2/c1-14-18(11-12-19(30)26-17-5-3-2-4-6-17)20(31)29-22(25-14)27-21(28-29)24-13-15-7-9-16(23)10-8-15/h2-10H,11-13H2,1H3,(H,26,30)(H2,24,25,27,28). The summed E-state index contributed by atoms with van der Waals surface area (Å²) >= 11 is 5.90. The Morgan fingerprint density at radius 3 is 2.58 bits per heavy atom. The van der Waals surface area contributed by atoms with E-state index in [1.54, 1.807) is 6.92 Å². The Kier molecular flexibility index (Phi) is 5.99. The van der Waals surface area contributed by atoms with E-state index in [-0.39, 0.29) is 30.1 Å². The van der Waals surface area contributed by atoms with Gasteiger partial charge in [0.2, 0.25) is 11.9 Å². The van der Waals surface area contributed by atoms with Gasteiger partial charge in [0.15, 0.2) is 0 Å². The number of halogens is 1. The molecule has 0 aliphatic rings. The number of carbonyl (C=O) groups is 1. The third kappa shape index (κ3) is 4.92. The first-order valence-corrected chi connectivity index (χ1v) is 10.2. The lowest BCUT2D eigenvalue weighted by atomic mass is 10.1. The Morgan fingerprint density at radius 2 is 1.84 bits per heavy atom. The van der Waals surface area contributed by atoms with Crippen LogP contribution in [0.3, 0.4) is 0 Å². The molecule has 2 heterocycles. The minimum absolute atomic E-state index is 0.162. The second kappa shape index (κ2) is 9.01. The molecule has 0 bridgehead atoms. The maximum absolute atomic E-state index is 12.9. The fourth-order valence-electron chi connectivity index (χ4n) is 3.19. The number of nitrogens with zero attached hydrogens (tertiary/aromatic N) is 3. The predicted octanol–water partition coefficient (Wildman–Crippen LogP) is 3.56. The highest BCUT2D eigenvalue weighted by Gasteiger charge is 2.15. The summed E-state index contributed by atoms with van der Waals surface area (Å²) in [5.74, 6) is 0.543. The van der Waals surface area contributed by atoms with Crippen molar-refractivity contribution in [2.45, 2.75) is 26.3 Å². The first-order valence-electron chi connectivity index (χ1n) is 9.81. The van der Waals surface area contributed by atoms with Crippen molar-refractivity contribution in [2.75, 3.05) is 10.6 Å². The fourth-order valence-corrected chi connectivity index (χ4v) is 3.32. The highest BCUT2D eigenvalue weighted by molar-refractivity contribution is 6.30. The Hall–Kier alpha value is -3.65. The van der Waals surface area contributed by atoms with Gasteiger partial charge >= 0.3 is 0 Å². The number of para-hydroxylation sites is 1. The molecule has 9 heteroatoms. The number of hydrogen-bond acceptors (Lipinski definition) is 5. The average Bonchev–Trinajstić information content (AvgIpc) is 3.17. The van der Waals surface area contributed by atoms with Gasteiger partial charge in [-0.25, -0.2) is 4.98 Å². The summed E-state index contributed by atoms with van der Waals surface area (Å²) in [5.41, 5.74) is 2.52. The molecule has 31 heavy (non-hydrogen) atoms. The molecule has 0 fully saturated rings. The molecular weight excluding hydrogens is 416 g/mol. The van der Waals surface area contributed by atoms with Gasteiger partial charge in [0.25, 0.3) is 11.3 Å². The minimum Gasteiger partial charge on any atom is -0.351 e. The van der Waals surface area contributed by atoms with Gasteiger partial charge in [0, 0.05) is 29.2 Å². The van der Waals surface area contributed by atoms with E-state index in [9.17, 15) is 9.59 Å². The van der Waals surface area contributed by atoms with Crippen molar-refractivity contribution in [3.8, 4) is 0 Å². The zero-order valence-corrected chi connectivity index (χ0v) is 17.6. The number of benzene rings is 2. The number of nitrogens with one attached hydrogen (secondary N) is 3. The number of amides is 1. The third-order valence-electron chi connectivity index (χ3n) is 4.83. The van der Waals surface area contributed by atoms with Crippen LogP contribution in [0.2, 0.25) is 5.02 Å². The van der Waals surface area contributed by atoms with Crippen LogP contribution in [0.1, 0.15) is 23.2 Å². The number of aryl methyl sites for hydroxylation is 1. The monoisotopic (exact) mass is 436 g/mol. The van der Waals surface area contributed by atoms with Crippen LogP contribution in [-0.2, 0) is 17.8 Å². The molecule has 0 aliphatic carbocycles. The van der Waals surface area contributed by atoms with Gasteiger partial charge in [-0.15, -0.1) is 0 Å². The smallest absolute Gasteiger partial charge is 0.277 e. The first-order chi connectivity index (χ1) is 15.0. The number of aromatic nitrogens is 4. The summed E-state index contributed by atoms with van der Waals surface area (Å²) < 4.78 is 1.29. The molecule has 0 spiro atoms. The van der Waals surface area contributed by atoms with Gasteiger partial charge in [-0.05, 0) is 43.2 Å². The number of anilines is 2. The fraction of sp³-hybridized carbons (Fsp3) is 0.182. The van der Waals surface area contributed by atoms with E-state index in [1.807, 2.05) is 54.6 Å². The second-order valence-electron chi connectivity index (χ2n) is 7.08. The van der Waals surface area contributed by atoms with Gasteiger partial charge in [0.1, 0.15) is 0 Å². The Bertz CT molecular complexity index is 1270. The van der Waals surface area contributed by atoms with E-state index in [2.05, 4.69) is 25.7 Å². The molecule has 1 amide bonds. The lowest BCUT2D eigenvalue weighted by molar-refractivity contribution is -0.116. The molecule has 8 nitrogen and oxygen atoms in total. The number of fused-ring (bicyclic) bond motifs is 1. The number of H-pyrrole nitrogens is 1. The van der Waals surface area contributed by atoms with Crippen molar-refractivity contribution >= 4 is 34.9 Å². The molecule has 0 atom stereocenters. The molecule has 0 aliphatic heterocycles.